The van der Waals surface area contributed by atoms with Crippen molar-refractivity contribution in [1.29, 1.82) is 0 Å². The minimum absolute atomic E-state index is 0.206. The van der Waals surface area contributed by atoms with Crippen LogP contribution >= 0.6 is 0 Å². The van der Waals surface area contributed by atoms with Gasteiger partial charge in [-0.1, -0.05) is 6.08 Å². The first-order chi connectivity index (χ1) is 8.85. The van der Waals surface area contributed by atoms with Gasteiger partial charge >= 0.3 is 12.0 Å². The van der Waals surface area contributed by atoms with Crippen LogP contribution in [0.15, 0.2) is 12.7 Å². The van der Waals surface area contributed by atoms with Crippen molar-refractivity contribution in [3.8, 4) is 0 Å². The summed E-state index contributed by atoms with van der Waals surface area (Å²) in [7, 11) is 0. The number of carboxylic acid groups (broad SMARTS) is 1. The lowest BCUT2D eigenvalue weighted by molar-refractivity contribution is -0.137. The minimum atomic E-state index is -1.04. The normalized spacial score (nSPS) is 23.6. The Morgan fingerprint density at radius 2 is 2.11 bits per heavy atom. The number of likely N-dealkylation sites (tertiary alicyclic amines) is 1. The SMILES string of the molecule is C=CCN(CC(=O)O)C(=O)N1CCCC(C)(O)CC1. The second-order valence-electron chi connectivity index (χ2n) is 5.18. The number of nitrogens with zero attached hydrogens (tertiary/aromatic N) is 2. The summed E-state index contributed by atoms with van der Waals surface area (Å²) in [6.07, 6.45) is 3.38. The van der Waals surface area contributed by atoms with Gasteiger partial charge < -0.3 is 20.0 Å². The molecule has 0 bridgehead atoms. The van der Waals surface area contributed by atoms with E-state index in [2.05, 4.69) is 6.58 Å². The van der Waals surface area contributed by atoms with Gasteiger partial charge in [-0.3, -0.25) is 4.79 Å². The number of aliphatic carboxylic acids is 1. The lowest BCUT2D eigenvalue weighted by atomic mass is 9.98. The van der Waals surface area contributed by atoms with Crippen LogP contribution in [0, 0.1) is 0 Å². The lowest BCUT2D eigenvalue weighted by Crippen LogP contribution is -2.46. The summed E-state index contributed by atoms with van der Waals surface area (Å²) in [4.78, 5) is 25.9. The highest BCUT2D eigenvalue weighted by molar-refractivity contribution is 5.80. The first-order valence-corrected chi connectivity index (χ1v) is 6.44. The number of aliphatic hydroxyl groups is 1. The van der Waals surface area contributed by atoms with E-state index in [0.717, 1.165) is 0 Å². The topological polar surface area (TPSA) is 81.1 Å². The highest BCUT2D eigenvalue weighted by Gasteiger charge is 2.29. The van der Waals surface area contributed by atoms with Crippen LogP contribution in [0.25, 0.3) is 0 Å². The van der Waals surface area contributed by atoms with Crippen molar-refractivity contribution >= 4 is 12.0 Å². The quantitative estimate of drug-likeness (QED) is 0.744. The smallest absolute Gasteiger partial charge is 0.323 e. The molecule has 1 rings (SSSR count). The van der Waals surface area contributed by atoms with Crippen LogP contribution < -0.4 is 0 Å². The van der Waals surface area contributed by atoms with Gasteiger partial charge in [0.15, 0.2) is 0 Å². The van der Waals surface area contributed by atoms with Crippen molar-refractivity contribution in [3.05, 3.63) is 12.7 Å². The molecule has 19 heavy (non-hydrogen) atoms. The Hall–Kier alpha value is -1.56. The summed E-state index contributed by atoms with van der Waals surface area (Å²) < 4.78 is 0. The third kappa shape index (κ3) is 4.90. The van der Waals surface area contributed by atoms with E-state index >= 15 is 0 Å². The third-order valence-corrected chi connectivity index (χ3v) is 3.28. The van der Waals surface area contributed by atoms with Crippen LogP contribution in [0.5, 0.6) is 0 Å². The van der Waals surface area contributed by atoms with Crippen LogP contribution in [0.4, 0.5) is 4.79 Å². The standard InChI is InChI=1S/C13H22N2O4/c1-3-7-15(10-11(16)17)12(18)14-8-4-5-13(2,19)6-9-14/h3,19H,1,4-10H2,2H3,(H,16,17). The summed E-state index contributed by atoms with van der Waals surface area (Å²) in [5, 5.41) is 18.8. The van der Waals surface area contributed by atoms with E-state index in [-0.39, 0.29) is 19.1 Å². The maximum absolute atomic E-state index is 12.2. The molecule has 0 spiro atoms. The Bertz CT molecular complexity index is 355. The molecule has 0 aromatic rings. The highest BCUT2D eigenvalue weighted by atomic mass is 16.4. The van der Waals surface area contributed by atoms with Crippen molar-refractivity contribution < 1.29 is 19.8 Å². The Kier molecular flexibility index (Phi) is 5.35. The highest BCUT2D eigenvalue weighted by Crippen LogP contribution is 2.21. The molecule has 1 fully saturated rings. The first kappa shape index (κ1) is 15.5. The molecule has 0 aromatic carbocycles. The molecule has 2 amide bonds. The molecule has 1 aliphatic rings. The van der Waals surface area contributed by atoms with Gasteiger partial charge in [0.25, 0.3) is 0 Å². The van der Waals surface area contributed by atoms with E-state index in [9.17, 15) is 14.7 Å². The average Bonchev–Trinajstić information content (AvgIpc) is 2.48. The van der Waals surface area contributed by atoms with Crippen LogP contribution in [0.3, 0.4) is 0 Å². The zero-order valence-corrected chi connectivity index (χ0v) is 11.3. The van der Waals surface area contributed by atoms with Gasteiger partial charge in [0.05, 0.1) is 5.60 Å². The molecular weight excluding hydrogens is 248 g/mol. The molecule has 1 heterocycles. The summed E-state index contributed by atoms with van der Waals surface area (Å²) in [6, 6.07) is -0.306. The average molecular weight is 270 g/mol. The van der Waals surface area contributed by atoms with Gasteiger partial charge in [0.2, 0.25) is 0 Å². The van der Waals surface area contributed by atoms with E-state index in [1.165, 1.54) is 11.0 Å². The Morgan fingerprint density at radius 1 is 1.42 bits per heavy atom. The largest absolute Gasteiger partial charge is 0.480 e. The lowest BCUT2D eigenvalue weighted by Gasteiger charge is -2.28. The fraction of sp³-hybridized carbons (Fsp3) is 0.692. The molecule has 6 heteroatoms. The van der Waals surface area contributed by atoms with E-state index < -0.39 is 11.6 Å². The molecule has 0 aromatic heterocycles. The molecule has 6 nitrogen and oxygen atoms in total. The summed E-state index contributed by atoms with van der Waals surface area (Å²) in [5.41, 5.74) is -0.745. The van der Waals surface area contributed by atoms with Gasteiger partial charge in [-0.05, 0) is 26.2 Å². The number of hydrogen-bond acceptors (Lipinski definition) is 3. The molecule has 1 saturated heterocycles. The monoisotopic (exact) mass is 270 g/mol. The van der Waals surface area contributed by atoms with Gasteiger partial charge in [0.1, 0.15) is 6.54 Å². The Labute approximate surface area is 113 Å². The van der Waals surface area contributed by atoms with Gasteiger partial charge in [-0.2, -0.15) is 0 Å². The van der Waals surface area contributed by atoms with Crippen LogP contribution in [-0.2, 0) is 4.79 Å². The maximum Gasteiger partial charge on any atom is 0.323 e. The molecule has 2 N–H and O–H groups in total. The molecule has 0 radical (unpaired) electrons. The van der Waals surface area contributed by atoms with E-state index in [4.69, 9.17) is 5.11 Å². The third-order valence-electron chi connectivity index (χ3n) is 3.28. The number of urea groups is 1. The molecular formula is C13H22N2O4. The minimum Gasteiger partial charge on any atom is -0.480 e. The molecule has 1 unspecified atom stereocenters. The number of rotatable bonds is 4. The predicted molar refractivity (Wildman–Crippen MR) is 70.8 cm³/mol. The maximum atomic E-state index is 12.2. The van der Waals surface area contributed by atoms with Crippen molar-refractivity contribution in [2.45, 2.75) is 31.8 Å². The molecule has 1 aliphatic heterocycles. The van der Waals surface area contributed by atoms with Crippen molar-refractivity contribution in [1.82, 2.24) is 9.80 Å². The number of hydrogen-bond donors (Lipinski definition) is 2. The second-order valence-corrected chi connectivity index (χ2v) is 5.18. The summed E-state index contributed by atoms with van der Waals surface area (Å²) in [6.45, 7) is 6.15. The Morgan fingerprint density at radius 3 is 2.68 bits per heavy atom. The summed E-state index contributed by atoms with van der Waals surface area (Å²) in [5.74, 6) is -1.04. The number of carbonyl (C=O) groups is 2. The van der Waals surface area contributed by atoms with Gasteiger partial charge in [-0.15, -0.1) is 6.58 Å². The van der Waals surface area contributed by atoms with E-state index in [0.29, 0.717) is 32.4 Å². The molecule has 0 aliphatic carbocycles. The van der Waals surface area contributed by atoms with Gasteiger partial charge in [0, 0.05) is 19.6 Å². The van der Waals surface area contributed by atoms with Crippen molar-refractivity contribution in [2.75, 3.05) is 26.2 Å². The zero-order chi connectivity index (χ0) is 14.5. The fourth-order valence-corrected chi connectivity index (χ4v) is 2.18. The molecule has 1 atom stereocenters. The van der Waals surface area contributed by atoms with Crippen LogP contribution in [0.1, 0.15) is 26.2 Å². The van der Waals surface area contributed by atoms with E-state index in [1.807, 2.05) is 0 Å². The van der Waals surface area contributed by atoms with Crippen LogP contribution in [0.2, 0.25) is 0 Å². The molecule has 108 valence electrons. The van der Waals surface area contributed by atoms with E-state index in [1.54, 1.807) is 11.8 Å². The van der Waals surface area contributed by atoms with Crippen molar-refractivity contribution in [2.24, 2.45) is 0 Å². The second kappa shape index (κ2) is 6.56. The van der Waals surface area contributed by atoms with Gasteiger partial charge in [-0.25, -0.2) is 4.79 Å². The fourth-order valence-electron chi connectivity index (χ4n) is 2.18. The first-order valence-electron chi connectivity index (χ1n) is 6.44. The predicted octanol–water partition coefficient (Wildman–Crippen LogP) is 0.916. The number of amides is 2. The van der Waals surface area contributed by atoms with Crippen molar-refractivity contribution in [3.63, 3.8) is 0 Å². The summed E-state index contributed by atoms with van der Waals surface area (Å²) >= 11 is 0. The molecule has 0 saturated carbocycles. The van der Waals surface area contributed by atoms with Crippen LogP contribution in [-0.4, -0.2) is 63.8 Å². The number of carboxylic acids is 1. The Balaban J connectivity index is 2.67. The zero-order valence-electron chi connectivity index (χ0n) is 11.3. The number of carbonyl (C=O) groups excluding carboxylic acids is 1.